The summed E-state index contributed by atoms with van der Waals surface area (Å²) in [5.41, 5.74) is 3.96. The van der Waals surface area contributed by atoms with E-state index in [2.05, 4.69) is 62.1 Å². The summed E-state index contributed by atoms with van der Waals surface area (Å²) in [7, 11) is 3.87. The minimum atomic E-state index is -1.15. The van der Waals surface area contributed by atoms with E-state index >= 15 is 0 Å². The van der Waals surface area contributed by atoms with E-state index in [9.17, 15) is 20.4 Å². The van der Waals surface area contributed by atoms with Crippen molar-refractivity contribution in [3.8, 4) is 0 Å². The quantitative estimate of drug-likeness (QED) is 0.0580. The summed E-state index contributed by atoms with van der Waals surface area (Å²) >= 11 is 0. The summed E-state index contributed by atoms with van der Waals surface area (Å²) in [5.74, 6) is 3.01. The highest BCUT2D eigenvalue weighted by Crippen LogP contribution is 2.41. The Labute approximate surface area is 411 Å². The van der Waals surface area contributed by atoms with Crippen LogP contribution in [0.2, 0.25) is 0 Å². The van der Waals surface area contributed by atoms with Crippen LogP contribution in [0.1, 0.15) is 99.6 Å². The van der Waals surface area contributed by atoms with Crippen molar-refractivity contribution in [3.05, 3.63) is 60.7 Å². The van der Waals surface area contributed by atoms with E-state index in [1.54, 1.807) is 25.3 Å². The summed E-state index contributed by atoms with van der Waals surface area (Å²) < 4.78 is 7.44. The number of rotatable bonds is 18. The van der Waals surface area contributed by atoms with Crippen molar-refractivity contribution in [2.75, 3.05) is 34.4 Å². The molecule has 8 aromatic heterocycles. The molecule has 0 aromatic carbocycles. The van der Waals surface area contributed by atoms with Gasteiger partial charge in [-0.05, 0) is 49.0 Å². The summed E-state index contributed by atoms with van der Waals surface area (Å²) in [6, 6.07) is -2.28. The molecule has 0 radical (unpaired) electrons. The van der Waals surface area contributed by atoms with Crippen LogP contribution < -0.4 is 21.3 Å². The second-order valence-corrected chi connectivity index (χ2v) is 19.2. The van der Waals surface area contributed by atoms with Crippen LogP contribution in [0.4, 0.5) is 23.5 Å². The molecule has 0 saturated heterocycles. The average molecular weight is 989 g/mol. The predicted octanol–water partition coefficient (Wildman–Crippen LogP) is 0.491. The fraction of sp³-hybridized carbons (Fsp3) is 0.591. The van der Waals surface area contributed by atoms with Gasteiger partial charge >= 0.3 is 0 Å². The van der Waals surface area contributed by atoms with Gasteiger partial charge in [-0.3, -0.25) is 0 Å². The molecule has 8 atom stereocenters. The van der Waals surface area contributed by atoms with E-state index in [-0.39, 0.29) is 12.1 Å². The average Bonchev–Trinajstić information content (AvgIpc) is 4.26. The first-order chi connectivity index (χ1) is 35.0. The molecule has 0 aliphatic heterocycles. The largest absolute Gasteiger partial charge is 0.388 e. The van der Waals surface area contributed by atoms with Crippen LogP contribution in [-0.4, -0.2) is 169 Å². The van der Waals surface area contributed by atoms with Crippen LogP contribution in [-0.2, 0) is 39.8 Å². The lowest BCUT2D eigenvalue weighted by atomic mass is 9.91. The van der Waals surface area contributed by atoms with E-state index in [1.165, 1.54) is 9.59 Å². The molecular weight excluding hydrogens is 929 g/mol. The Hall–Kier alpha value is -7.30. The topological polar surface area (TPSA) is 339 Å². The third kappa shape index (κ3) is 9.24. The van der Waals surface area contributed by atoms with E-state index in [4.69, 9.17) is 29.9 Å². The number of aliphatic hydroxyl groups is 4. The van der Waals surface area contributed by atoms with Crippen LogP contribution in [0.25, 0.3) is 22.3 Å². The van der Waals surface area contributed by atoms with Crippen LogP contribution >= 0.6 is 0 Å². The van der Waals surface area contributed by atoms with Crippen molar-refractivity contribution in [1.82, 2.24) is 98.6 Å². The number of anilines is 4. The minimum absolute atomic E-state index is 0.0339. The molecule has 0 bridgehead atoms. The normalized spacial score (nSPS) is 25.5. The molecule has 3 aliphatic carbocycles. The Bertz CT molecular complexity index is 2920. The molecule has 28 nitrogen and oxygen atoms in total. The maximum Gasteiger partial charge on any atom is 0.226 e. The highest BCUT2D eigenvalue weighted by molar-refractivity contribution is 5.85. The SMILES string of the molecule is CCc1nnn([C@H]2C[C@@H](n3cnc4c(NC5CCC(Nc6nc(NCCc7cn(C)cn7)nc7c6ncn7[C@@H]6C[C@H](n7nnc(CC)n7)[C@@H](O)[C@H]6O)CC5)nc(NCCc5cn(C)cn5)nc43)[C@H](O)[C@@H]2O)n1. The zero-order chi connectivity index (χ0) is 49.6. The Morgan fingerprint density at radius 3 is 1.33 bits per heavy atom. The van der Waals surface area contributed by atoms with Crippen LogP contribution in [0.5, 0.6) is 0 Å². The van der Waals surface area contributed by atoms with Crippen LogP contribution in [0.15, 0.2) is 37.7 Å². The highest BCUT2D eigenvalue weighted by atomic mass is 16.3. The molecule has 72 heavy (non-hydrogen) atoms. The molecule has 3 aliphatic rings. The summed E-state index contributed by atoms with van der Waals surface area (Å²) in [4.78, 5) is 41.0. The molecule has 11 rings (SSSR count). The third-order valence-corrected chi connectivity index (χ3v) is 14.2. The molecule has 0 amide bonds. The fourth-order valence-corrected chi connectivity index (χ4v) is 10.3. The Kier molecular flexibility index (Phi) is 12.9. The van der Waals surface area contributed by atoms with E-state index < -0.39 is 48.6 Å². The van der Waals surface area contributed by atoms with E-state index in [0.29, 0.717) is 109 Å². The van der Waals surface area contributed by atoms with Crippen LogP contribution in [0.3, 0.4) is 0 Å². The van der Waals surface area contributed by atoms with Crippen molar-refractivity contribution in [1.29, 1.82) is 0 Å². The summed E-state index contributed by atoms with van der Waals surface area (Å²) in [5, 5.41) is 84.9. The first kappa shape index (κ1) is 47.0. The number of aromatic nitrogens is 20. The van der Waals surface area contributed by atoms with Gasteiger partial charge < -0.3 is 60.0 Å². The number of hydrogen-bond acceptors (Lipinski definition) is 22. The molecule has 3 saturated carbocycles. The molecule has 0 spiro atoms. The lowest BCUT2D eigenvalue weighted by Gasteiger charge is -2.30. The van der Waals surface area contributed by atoms with Crippen molar-refractivity contribution in [3.63, 3.8) is 0 Å². The van der Waals surface area contributed by atoms with Gasteiger partial charge in [-0.15, -0.1) is 20.4 Å². The maximum absolute atomic E-state index is 11.4. The lowest BCUT2D eigenvalue weighted by molar-refractivity contribution is 0.00473. The number of nitrogens with zero attached hydrogens (tertiary/aromatic N) is 20. The number of imidazole rings is 4. The van der Waals surface area contributed by atoms with E-state index in [1.807, 2.05) is 58.6 Å². The molecule has 8 aromatic rings. The summed E-state index contributed by atoms with van der Waals surface area (Å²) in [6.45, 7) is 4.91. The third-order valence-electron chi connectivity index (χ3n) is 14.2. The number of nitrogens with one attached hydrogen (secondary N) is 4. The molecule has 0 unspecified atom stereocenters. The molecule has 28 heteroatoms. The smallest absolute Gasteiger partial charge is 0.226 e. The molecule has 3 fully saturated rings. The van der Waals surface area contributed by atoms with Crippen molar-refractivity contribution < 1.29 is 20.4 Å². The van der Waals surface area contributed by atoms with Crippen molar-refractivity contribution in [2.45, 2.75) is 139 Å². The van der Waals surface area contributed by atoms with Gasteiger partial charge in [-0.1, -0.05) is 13.8 Å². The maximum atomic E-state index is 11.4. The molecule has 8 N–H and O–H groups in total. The second-order valence-electron chi connectivity index (χ2n) is 19.2. The number of tetrazole rings is 2. The van der Waals surface area contributed by atoms with E-state index in [0.717, 1.165) is 37.1 Å². The summed E-state index contributed by atoms with van der Waals surface area (Å²) in [6.07, 6.45) is 12.5. The van der Waals surface area contributed by atoms with Gasteiger partial charge in [-0.2, -0.15) is 29.5 Å². The Balaban J connectivity index is 0.821. The van der Waals surface area contributed by atoms with Crippen LogP contribution in [0, 0.1) is 0 Å². The first-order valence-electron chi connectivity index (χ1n) is 24.7. The zero-order valence-corrected chi connectivity index (χ0v) is 40.5. The zero-order valence-electron chi connectivity index (χ0n) is 40.5. The number of aryl methyl sites for hydroxylation is 4. The van der Waals surface area contributed by atoms with Gasteiger partial charge in [-0.25, -0.2) is 19.9 Å². The Morgan fingerprint density at radius 1 is 0.542 bits per heavy atom. The highest BCUT2D eigenvalue weighted by Gasteiger charge is 2.47. The van der Waals surface area contributed by atoms with Crippen molar-refractivity contribution in [2.24, 2.45) is 14.1 Å². The lowest BCUT2D eigenvalue weighted by Crippen LogP contribution is -2.33. The van der Waals surface area contributed by atoms with Gasteiger partial charge in [0.15, 0.2) is 45.6 Å². The monoisotopic (exact) mass is 989 g/mol. The standard InChI is InChI=1S/C44H60N24O4/c1-5-31-57-61-67(59-31)29-15-27(35(69)37(29)71)65-21-49-33-39(53-43(55-41(33)65)45-13-11-25-17-63(3)19-47-25)51-23-7-9-24(10-8-23)52-40-34-42(56-44(54-40)46-14-12-26-18-64(4)20-48-26)66(22-50-34)28-16-30(38(72)36(28)70)68-60-32(6-2)58-62-68/h17-24,27-30,35-38,69-72H,5-16H2,1-4H3,(H2,45,51,53,55)(H2,46,52,54,56)/t23?,24?,27-,28-,29+,30+,35+,36+,37-,38-/m1/s1. The Morgan fingerprint density at radius 2 is 0.958 bits per heavy atom. The number of aliphatic hydroxyl groups excluding tert-OH is 4. The van der Waals surface area contributed by atoms with Gasteiger partial charge in [0.2, 0.25) is 11.9 Å². The molecule has 8 heterocycles. The number of hydrogen-bond donors (Lipinski definition) is 8. The van der Waals surface area contributed by atoms with Gasteiger partial charge in [0.25, 0.3) is 0 Å². The van der Waals surface area contributed by atoms with Gasteiger partial charge in [0.1, 0.15) is 36.5 Å². The molecule has 380 valence electrons. The minimum Gasteiger partial charge on any atom is -0.388 e. The second kappa shape index (κ2) is 19.7. The fourth-order valence-electron chi connectivity index (χ4n) is 10.3. The van der Waals surface area contributed by atoms with Crippen molar-refractivity contribution >= 4 is 45.9 Å². The van der Waals surface area contributed by atoms with Gasteiger partial charge in [0.05, 0.1) is 48.8 Å². The van der Waals surface area contributed by atoms with Gasteiger partial charge in [0, 0.05) is 77.3 Å². The first-order valence-corrected chi connectivity index (χ1v) is 24.7. The molecular formula is C44H60N24O4. The number of fused-ring (bicyclic) bond motifs is 2. The predicted molar refractivity (Wildman–Crippen MR) is 259 cm³/mol.